The van der Waals surface area contributed by atoms with Crippen molar-refractivity contribution < 1.29 is 37.4 Å². The van der Waals surface area contributed by atoms with Gasteiger partial charge in [0, 0.05) is 6.54 Å². The van der Waals surface area contributed by atoms with Gasteiger partial charge in [-0.05, 0) is 67.8 Å². The van der Waals surface area contributed by atoms with Crippen molar-refractivity contribution in [1.29, 1.82) is 0 Å². The second-order valence-corrected chi connectivity index (χ2v) is 9.97. The van der Waals surface area contributed by atoms with Crippen molar-refractivity contribution in [2.75, 3.05) is 6.54 Å². The van der Waals surface area contributed by atoms with Gasteiger partial charge in [-0.1, -0.05) is 0 Å². The van der Waals surface area contributed by atoms with Crippen LogP contribution in [0.4, 0.5) is 4.39 Å². The molecule has 0 bridgehead atoms. The average molecular weight is 578 g/mol. The van der Waals surface area contributed by atoms with Crippen molar-refractivity contribution in [2.24, 2.45) is 0 Å². The fraction of sp³-hybridized carbons (Fsp3) is 0.300. The van der Waals surface area contributed by atoms with Crippen LogP contribution in [0.1, 0.15) is 25.7 Å². The van der Waals surface area contributed by atoms with E-state index in [2.05, 4.69) is 0 Å². The van der Waals surface area contributed by atoms with Crippen LogP contribution in [-0.2, 0) is 19.6 Å². The molecule has 1 aliphatic rings. The predicted octanol–water partition coefficient (Wildman–Crippen LogP) is 3.57. The Labute approximate surface area is 197 Å². The van der Waals surface area contributed by atoms with Gasteiger partial charge >= 0.3 is 5.97 Å². The number of nitrogens with zero attached hydrogens (tertiary/aromatic N) is 2. The molecule has 0 heterocycles. The van der Waals surface area contributed by atoms with Gasteiger partial charge in [0.05, 0.1) is 34.2 Å². The van der Waals surface area contributed by atoms with E-state index in [-0.39, 0.29) is 17.7 Å². The lowest BCUT2D eigenvalue weighted by Gasteiger charge is -2.47. The fourth-order valence-electron chi connectivity index (χ4n) is 3.46. The number of benzene rings is 2. The van der Waals surface area contributed by atoms with Gasteiger partial charge in [-0.15, -0.1) is 0 Å². The van der Waals surface area contributed by atoms with Crippen LogP contribution in [0, 0.1) is 5.82 Å². The van der Waals surface area contributed by atoms with Crippen LogP contribution < -0.4 is 4.74 Å². The number of carboxylic acids is 1. The molecule has 0 aliphatic heterocycles. The minimum Gasteiger partial charge on any atom is -0.481 e. The summed E-state index contributed by atoms with van der Waals surface area (Å²) in [4.78, 5) is 23.6. The van der Waals surface area contributed by atoms with Gasteiger partial charge in [0.2, 0.25) is 10.0 Å². The normalized spacial score (nSPS) is 15.1. The molecule has 2 aromatic rings. The van der Waals surface area contributed by atoms with Gasteiger partial charge in [0.1, 0.15) is 22.9 Å². The van der Waals surface area contributed by atoms with E-state index in [4.69, 9.17) is 9.84 Å². The first-order chi connectivity index (χ1) is 15.1. The number of halogens is 2. The van der Waals surface area contributed by atoms with E-state index in [9.17, 15) is 27.6 Å². The first-order valence-electron chi connectivity index (χ1n) is 9.53. The maximum absolute atomic E-state index is 13.4. The Morgan fingerprint density at radius 2 is 1.59 bits per heavy atom. The lowest BCUT2D eigenvalue weighted by Crippen LogP contribution is -2.63. The highest BCUT2D eigenvalue weighted by molar-refractivity contribution is 14.1. The molecule has 0 atom stereocenters. The summed E-state index contributed by atoms with van der Waals surface area (Å²) in [5.74, 6) is -1.81. The Morgan fingerprint density at radius 1 is 1.06 bits per heavy atom. The highest BCUT2D eigenvalue weighted by Crippen LogP contribution is 2.43. The Morgan fingerprint density at radius 3 is 2.03 bits per heavy atom. The van der Waals surface area contributed by atoms with Crippen molar-refractivity contribution in [3.63, 3.8) is 0 Å². The highest BCUT2D eigenvalue weighted by atomic mass is 127. The van der Waals surface area contributed by atoms with E-state index < -0.39 is 46.2 Å². The molecule has 12 heteroatoms. The smallest absolute Gasteiger partial charge is 0.304 e. The van der Waals surface area contributed by atoms with Crippen LogP contribution in [0.2, 0.25) is 0 Å². The number of hydrogen-bond acceptors (Lipinski definition) is 6. The van der Waals surface area contributed by atoms with E-state index in [0.29, 0.717) is 21.2 Å². The first kappa shape index (κ1) is 24.4. The van der Waals surface area contributed by atoms with Crippen molar-refractivity contribution in [3.8, 4) is 11.5 Å². The Bertz CT molecular complexity index is 1090. The van der Waals surface area contributed by atoms with Crippen LogP contribution in [0.15, 0.2) is 53.4 Å². The number of ether oxygens (including phenoxy) is 1. The van der Waals surface area contributed by atoms with Gasteiger partial charge in [-0.25, -0.2) is 12.8 Å². The van der Waals surface area contributed by atoms with Crippen LogP contribution in [0.5, 0.6) is 11.5 Å². The molecule has 172 valence electrons. The standard InChI is InChI=1S/C20H20FIN2O7S/c21-14-2-4-15(5-3-14)31-16-6-8-17(9-7-16)32(29,30)23(13-10-18(25)26)20(11-1-12-20)19(27)24(22)28/h2-9,28H,1,10-13H2,(H,25,26). The lowest BCUT2D eigenvalue weighted by molar-refractivity contribution is -0.158. The number of sulfonamides is 1. The van der Waals surface area contributed by atoms with E-state index in [0.717, 1.165) is 4.31 Å². The zero-order valence-electron chi connectivity index (χ0n) is 16.6. The number of carbonyl (C=O) groups is 2. The number of carbonyl (C=O) groups excluding carboxylic acids is 1. The number of aliphatic carboxylic acids is 1. The quantitative estimate of drug-likeness (QED) is 0.202. The molecule has 0 aromatic heterocycles. The monoisotopic (exact) mass is 578 g/mol. The van der Waals surface area contributed by atoms with Crippen molar-refractivity contribution >= 4 is 44.8 Å². The van der Waals surface area contributed by atoms with E-state index in [1.54, 1.807) is 0 Å². The van der Waals surface area contributed by atoms with Crippen molar-refractivity contribution in [2.45, 2.75) is 36.1 Å². The average Bonchev–Trinajstić information content (AvgIpc) is 2.71. The number of hydrogen-bond donors (Lipinski definition) is 2. The van der Waals surface area contributed by atoms with Gasteiger partial charge in [-0.3, -0.25) is 14.8 Å². The first-order valence-corrected chi connectivity index (χ1v) is 11.9. The molecule has 0 radical (unpaired) electrons. The summed E-state index contributed by atoms with van der Waals surface area (Å²) in [5, 5.41) is 18.8. The molecule has 2 N–H and O–H groups in total. The largest absolute Gasteiger partial charge is 0.481 e. The topological polar surface area (TPSA) is 124 Å². The van der Waals surface area contributed by atoms with E-state index in [1.807, 2.05) is 0 Å². The maximum atomic E-state index is 13.4. The summed E-state index contributed by atoms with van der Waals surface area (Å²) < 4.78 is 46.6. The van der Waals surface area contributed by atoms with E-state index in [1.165, 1.54) is 71.4 Å². The molecule has 0 spiro atoms. The molecule has 1 aliphatic carbocycles. The molecular weight excluding hydrogens is 558 g/mol. The third-order valence-corrected chi connectivity index (χ3v) is 7.63. The second-order valence-electron chi connectivity index (χ2n) is 7.20. The summed E-state index contributed by atoms with van der Waals surface area (Å²) in [6.45, 7) is -0.429. The molecule has 1 amide bonds. The summed E-state index contributed by atoms with van der Waals surface area (Å²) in [6, 6.07) is 10.6. The zero-order valence-corrected chi connectivity index (χ0v) is 19.6. The lowest BCUT2D eigenvalue weighted by atomic mass is 9.76. The van der Waals surface area contributed by atoms with Crippen LogP contribution in [-0.4, -0.2) is 50.3 Å². The molecule has 3 rings (SSSR count). The molecule has 32 heavy (non-hydrogen) atoms. The van der Waals surface area contributed by atoms with Gasteiger partial charge in [0.15, 0.2) is 0 Å². The third-order valence-electron chi connectivity index (χ3n) is 5.21. The molecule has 1 fully saturated rings. The Hall–Kier alpha value is -2.29. The number of rotatable bonds is 9. The van der Waals surface area contributed by atoms with E-state index >= 15 is 0 Å². The SMILES string of the molecule is O=C(O)CCN(C1(C(=O)N(O)I)CCC1)S(=O)(=O)c1ccc(Oc2ccc(F)cc2)cc1. The summed E-state index contributed by atoms with van der Waals surface area (Å²) in [6.07, 6.45) is 0.374. The number of amides is 1. The molecule has 1 saturated carbocycles. The minimum atomic E-state index is -4.29. The van der Waals surface area contributed by atoms with Crippen molar-refractivity contribution in [3.05, 3.63) is 54.3 Å². The summed E-state index contributed by atoms with van der Waals surface area (Å²) in [5.41, 5.74) is -1.55. The van der Waals surface area contributed by atoms with Gasteiger partial charge in [0.25, 0.3) is 5.91 Å². The van der Waals surface area contributed by atoms with Gasteiger partial charge in [-0.2, -0.15) is 7.58 Å². The van der Waals surface area contributed by atoms with Crippen LogP contribution >= 0.6 is 22.9 Å². The Kier molecular flexibility index (Phi) is 7.37. The summed E-state index contributed by atoms with van der Waals surface area (Å²) in [7, 11) is -4.29. The van der Waals surface area contributed by atoms with Crippen LogP contribution in [0.3, 0.4) is 0 Å². The second kappa shape index (κ2) is 9.68. The maximum Gasteiger partial charge on any atom is 0.304 e. The third kappa shape index (κ3) is 5.03. The Balaban J connectivity index is 1.91. The summed E-state index contributed by atoms with van der Waals surface area (Å²) >= 11 is 1.35. The number of hydroxylamine groups is 1. The van der Waals surface area contributed by atoms with Crippen molar-refractivity contribution in [1.82, 2.24) is 7.58 Å². The fourth-order valence-corrected chi connectivity index (χ4v) is 5.70. The number of carboxylic acid groups (broad SMARTS) is 1. The molecule has 0 saturated heterocycles. The molecule has 0 unspecified atom stereocenters. The molecular formula is C20H20FIN2O7S. The molecule has 2 aromatic carbocycles. The zero-order chi connectivity index (χ0) is 23.5. The molecule has 9 nitrogen and oxygen atoms in total. The van der Waals surface area contributed by atoms with Crippen LogP contribution in [0.25, 0.3) is 0 Å². The van der Waals surface area contributed by atoms with Gasteiger partial charge < -0.3 is 9.84 Å². The predicted molar refractivity (Wildman–Crippen MR) is 118 cm³/mol. The minimum absolute atomic E-state index is 0.161. The highest BCUT2D eigenvalue weighted by Gasteiger charge is 2.55.